The molecule has 6 nitrogen and oxygen atoms in total. The molecule has 0 radical (unpaired) electrons. The van der Waals surface area contributed by atoms with Crippen LogP contribution in [0.4, 0.5) is 0 Å². The van der Waals surface area contributed by atoms with E-state index in [1.165, 1.54) is 0 Å². The Bertz CT molecular complexity index is 811. The maximum absolute atomic E-state index is 13.6. The van der Waals surface area contributed by atoms with Crippen molar-refractivity contribution < 1.29 is 27.8 Å². The molecule has 2 atom stereocenters. The largest absolute Gasteiger partial charge is 0.497 e. The van der Waals surface area contributed by atoms with Gasteiger partial charge in [0.2, 0.25) is 0 Å². The first-order chi connectivity index (χ1) is 13.9. The van der Waals surface area contributed by atoms with E-state index < -0.39 is 13.3 Å². The zero-order chi connectivity index (χ0) is 21.4. The van der Waals surface area contributed by atoms with E-state index >= 15 is 0 Å². The Morgan fingerprint density at radius 1 is 0.828 bits per heavy atom. The topological polar surface area (TPSA) is 63.2 Å². The number of benzene rings is 2. The van der Waals surface area contributed by atoms with Gasteiger partial charge in [0.05, 0.1) is 40.2 Å². The number of methoxy groups -OCH3 is 3. The van der Waals surface area contributed by atoms with Crippen molar-refractivity contribution in [2.45, 2.75) is 32.3 Å². The van der Waals surface area contributed by atoms with Gasteiger partial charge in [-0.2, -0.15) is 0 Å². The quantitative estimate of drug-likeness (QED) is 0.446. The van der Waals surface area contributed by atoms with Gasteiger partial charge in [-0.05, 0) is 37.6 Å². The van der Waals surface area contributed by atoms with Crippen LogP contribution in [0.1, 0.15) is 37.8 Å². The SMILES string of the molecule is CCOP(=O)(OCC)[C@H](C)[C@H](c1ccc(OC)cc1)c1ccc(OC)cc1OC. The van der Waals surface area contributed by atoms with Gasteiger partial charge >= 0.3 is 7.60 Å². The van der Waals surface area contributed by atoms with E-state index in [1.54, 1.807) is 21.3 Å². The molecule has 160 valence electrons. The standard InChI is InChI=1S/C22H31O6P/c1-7-27-29(23,28-8-2)16(3)22(17-9-11-18(24-4)12-10-17)20-14-13-19(25-5)15-21(20)26-6/h9-16,22H,7-8H2,1-6H3/t16-,22-/m1/s1. The lowest BCUT2D eigenvalue weighted by Crippen LogP contribution is -2.21. The fourth-order valence-corrected chi connectivity index (χ4v) is 5.38. The van der Waals surface area contributed by atoms with Gasteiger partial charge in [-0.15, -0.1) is 0 Å². The highest BCUT2D eigenvalue weighted by Crippen LogP contribution is 2.59. The van der Waals surface area contributed by atoms with Crippen LogP contribution in [0.5, 0.6) is 17.2 Å². The van der Waals surface area contributed by atoms with Crippen LogP contribution in [0.25, 0.3) is 0 Å². The summed E-state index contributed by atoms with van der Waals surface area (Å²) in [6.45, 7) is 6.13. The molecule has 2 rings (SSSR count). The van der Waals surface area contributed by atoms with Crippen molar-refractivity contribution in [1.29, 1.82) is 0 Å². The average molecular weight is 422 g/mol. The van der Waals surface area contributed by atoms with Crippen molar-refractivity contribution in [2.75, 3.05) is 34.5 Å². The van der Waals surface area contributed by atoms with Crippen LogP contribution in [0.15, 0.2) is 42.5 Å². The molecule has 0 unspecified atom stereocenters. The van der Waals surface area contributed by atoms with Crippen molar-refractivity contribution in [1.82, 2.24) is 0 Å². The van der Waals surface area contributed by atoms with Crippen molar-refractivity contribution in [2.24, 2.45) is 0 Å². The lowest BCUT2D eigenvalue weighted by atomic mass is 9.88. The molecule has 0 saturated carbocycles. The van der Waals surface area contributed by atoms with Gasteiger partial charge in [-0.1, -0.05) is 25.1 Å². The first kappa shape index (κ1) is 23.3. The van der Waals surface area contributed by atoms with Crippen LogP contribution in [0.2, 0.25) is 0 Å². The van der Waals surface area contributed by atoms with Crippen molar-refractivity contribution in [3.8, 4) is 17.2 Å². The fraction of sp³-hybridized carbons (Fsp3) is 0.455. The molecule has 0 bridgehead atoms. The summed E-state index contributed by atoms with van der Waals surface area (Å²) in [6, 6.07) is 13.3. The molecule has 29 heavy (non-hydrogen) atoms. The second-order valence-electron chi connectivity index (χ2n) is 6.47. The van der Waals surface area contributed by atoms with Crippen LogP contribution in [-0.2, 0) is 13.6 Å². The average Bonchev–Trinajstić information content (AvgIpc) is 2.74. The van der Waals surface area contributed by atoms with E-state index in [0.717, 1.165) is 16.9 Å². The second kappa shape index (κ2) is 10.7. The maximum Gasteiger partial charge on any atom is 0.334 e. The summed E-state index contributed by atoms with van der Waals surface area (Å²) in [7, 11) is 1.46. The zero-order valence-corrected chi connectivity index (χ0v) is 18.9. The van der Waals surface area contributed by atoms with Crippen molar-refractivity contribution >= 4 is 7.60 Å². The molecule has 0 fully saturated rings. The van der Waals surface area contributed by atoms with Gasteiger partial charge in [0.25, 0.3) is 0 Å². The number of hydrogen-bond donors (Lipinski definition) is 0. The van der Waals surface area contributed by atoms with Crippen LogP contribution in [0, 0.1) is 0 Å². The van der Waals surface area contributed by atoms with Gasteiger partial charge in [-0.3, -0.25) is 4.57 Å². The highest BCUT2D eigenvalue weighted by molar-refractivity contribution is 7.54. The molecular formula is C22H31O6P. The van der Waals surface area contributed by atoms with E-state index in [4.69, 9.17) is 23.3 Å². The summed E-state index contributed by atoms with van der Waals surface area (Å²) in [6.07, 6.45) is 0. The van der Waals surface area contributed by atoms with E-state index in [2.05, 4.69) is 0 Å². The van der Waals surface area contributed by atoms with Crippen LogP contribution in [0.3, 0.4) is 0 Å². The molecular weight excluding hydrogens is 391 g/mol. The van der Waals surface area contributed by atoms with Crippen molar-refractivity contribution in [3.05, 3.63) is 53.6 Å². The third-order valence-corrected chi connectivity index (χ3v) is 7.38. The third kappa shape index (κ3) is 5.33. The molecule has 0 aliphatic rings. The molecule has 0 N–H and O–H groups in total. The van der Waals surface area contributed by atoms with Gasteiger partial charge in [0.1, 0.15) is 17.2 Å². The highest BCUT2D eigenvalue weighted by Gasteiger charge is 2.40. The molecule has 2 aromatic carbocycles. The summed E-state index contributed by atoms with van der Waals surface area (Å²) in [5, 5.41) is 0. The van der Waals surface area contributed by atoms with E-state index in [9.17, 15) is 4.57 Å². The molecule has 0 spiro atoms. The van der Waals surface area contributed by atoms with E-state index in [-0.39, 0.29) is 5.92 Å². The van der Waals surface area contributed by atoms with Crippen LogP contribution in [-0.4, -0.2) is 40.2 Å². The molecule has 7 heteroatoms. The Morgan fingerprint density at radius 2 is 1.38 bits per heavy atom. The van der Waals surface area contributed by atoms with Crippen LogP contribution >= 0.6 is 7.60 Å². The van der Waals surface area contributed by atoms with E-state index in [1.807, 2.05) is 63.2 Å². The number of ether oxygens (including phenoxy) is 3. The Kier molecular flexibility index (Phi) is 8.57. The minimum atomic E-state index is -3.38. The summed E-state index contributed by atoms with van der Waals surface area (Å²) in [5.74, 6) is 1.80. The lowest BCUT2D eigenvalue weighted by molar-refractivity contribution is 0.211. The van der Waals surface area contributed by atoms with Gasteiger partial charge < -0.3 is 23.3 Å². The second-order valence-corrected chi connectivity index (χ2v) is 8.89. The monoisotopic (exact) mass is 422 g/mol. The summed E-state index contributed by atoms with van der Waals surface area (Å²) < 4.78 is 41.2. The molecule has 0 heterocycles. The Labute approximate surface area is 173 Å². The summed E-state index contributed by atoms with van der Waals surface area (Å²) in [4.78, 5) is 0. The van der Waals surface area contributed by atoms with Crippen LogP contribution < -0.4 is 14.2 Å². The Balaban J connectivity index is 2.64. The maximum atomic E-state index is 13.6. The molecule has 2 aromatic rings. The highest BCUT2D eigenvalue weighted by atomic mass is 31.2. The van der Waals surface area contributed by atoms with Gasteiger partial charge in [-0.25, -0.2) is 0 Å². The smallest absolute Gasteiger partial charge is 0.334 e. The number of hydrogen-bond acceptors (Lipinski definition) is 6. The molecule has 0 aliphatic carbocycles. The molecule has 0 aromatic heterocycles. The molecule has 0 saturated heterocycles. The first-order valence-corrected chi connectivity index (χ1v) is 11.3. The predicted molar refractivity (Wildman–Crippen MR) is 115 cm³/mol. The molecule has 0 aliphatic heterocycles. The normalized spacial score (nSPS) is 13.6. The predicted octanol–water partition coefficient (Wildman–Crippen LogP) is 5.50. The minimum absolute atomic E-state index is 0.286. The van der Waals surface area contributed by atoms with Gasteiger partial charge in [0.15, 0.2) is 0 Å². The van der Waals surface area contributed by atoms with Crippen molar-refractivity contribution in [3.63, 3.8) is 0 Å². The molecule has 0 amide bonds. The Morgan fingerprint density at radius 3 is 1.86 bits per heavy atom. The Hall–Kier alpha value is -2.01. The van der Waals surface area contributed by atoms with E-state index in [0.29, 0.717) is 24.7 Å². The lowest BCUT2D eigenvalue weighted by Gasteiger charge is -2.31. The van der Waals surface area contributed by atoms with Gasteiger partial charge in [0, 0.05) is 17.5 Å². The first-order valence-electron chi connectivity index (χ1n) is 9.68. The minimum Gasteiger partial charge on any atom is -0.497 e. The number of rotatable bonds is 11. The summed E-state index contributed by atoms with van der Waals surface area (Å²) in [5.41, 5.74) is 1.39. The summed E-state index contributed by atoms with van der Waals surface area (Å²) >= 11 is 0. The third-order valence-electron chi connectivity index (χ3n) is 4.85. The zero-order valence-electron chi connectivity index (χ0n) is 18.0. The fourth-order valence-electron chi connectivity index (χ4n) is 3.42.